The molecule has 0 fully saturated rings. The van der Waals surface area contributed by atoms with Crippen LogP contribution in [-0.4, -0.2) is 18.7 Å². The first kappa shape index (κ1) is 15.3. The summed E-state index contributed by atoms with van der Waals surface area (Å²) >= 11 is 6.09. The lowest BCUT2D eigenvalue weighted by Crippen LogP contribution is -2.34. The minimum absolute atomic E-state index is 0.157. The zero-order chi connectivity index (χ0) is 13.5. The highest BCUT2D eigenvalue weighted by Crippen LogP contribution is 2.23. The van der Waals surface area contributed by atoms with E-state index >= 15 is 0 Å². The zero-order valence-electron chi connectivity index (χ0n) is 11.8. The van der Waals surface area contributed by atoms with Gasteiger partial charge in [0.15, 0.2) is 0 Å². The maximum absolute atomic E-state index is 6.09. The number of ether oxygens (including phenoxy) is 1. The lowest BCUT2D eigenvalue weighted by Gasteiger charge is -2.18. The fourth-order valence-electron chi connectivity index (χ4n) is 1.68. The topological polar surface area (TPSA) is 21.3 Å². The van der Waals surface area contributed by atoms with Crippen LogP contribution in [0, 0.1) is 0 Å². The van der Waals surface area contributed by atoms with Gasteiger partial charge < -0.3 is 10.1 Å². The fourth-order valence-corrected chi connectivity index (χ4v) is 1.93. The summed E-state index contributed by atoms with van der Waals surface area (Å²) in [7, 11) is 0. The fraction of sp³-hybridized carbons (Fsp3) is 0.600. The van der Waals surface area contributed by atoms with Crippen molar-refractivity contribution >= 4 is 11.6 Å². The van der Waals surface area contributed by atoms with Crippen LogP contribution < -0.4 is 10.1 Å². The van der Waals surface area contributed by atoms with E-state index < -0.39 is 0 Å². The second kappa shape index (κ2) is 7.65. The summed E-state index contributed by atoms with van der Waals surface area (Å²) in [6, 6.07) is 6.40. The van der Waals surface area contributed by atoms with Gasteiger partial charge in [-0.15, -0.1) is 0 Å². The molecule has 2 unspecified atom stereocenters. The number of halogens is 1. The van der Waals surface area contributed by atoms with Crippen molar-refractivity contribution in [3.63, 3.8) is 0 Å². The lowest BCUT2D eigenvalue weighted by atomic mass is 10.1. The van der Waals surface area contributed by atoms with E-state index in [9.17, 15) is 0 Å². The molecule has 0 bridgehead atoms. The van der Waals surface area contributed by atoms with Crippen molar-refractivity contribution in [1.82, 2.24) is 5.32 Å². The molecule has 0 heterocycles. The van der Waals surface area contributed by atoms with Crippen molar-refractivity contribution in [2.45, 2.75) is 52.7 Å². The van der Waals surface area contributed by atoms with Crippen molar-refractivity contribution in [2.24, 2.45) is 0 Å². The molecule has 1 rings (SSSR count). The van der Waals surface area contributed by atoms with Gasteiger partial charge in [-0.3, -0.25) is 0 Å². The first-order chi connectivity index (χ1) is 8.56. The highest BCUT2D eigenvalue weighted by molar-refractivity contribution is 6.31. The average molecular weight is 270 g/mol. The number of aryl methyl sites for hydroxylation is 1. The Morgan fingerprint density at radius 2 is 2.00 bits per heavy atom. The van der Waals surface area contributed by atoms with Gasteiger partial charge >= 0.3 is 0 Å². The Bertz CT molecular complexity index is 368. The Morgan fingerprint density at radius 1 is 1.28 bits per heavy atom. The minimum atomic E-state index is 0.157. The monoisotopic (exact) mass is 269 g/mol. The third-order valence-corrected chi connectivity index (χ3v) is 3.47. The van der Waals surface area contributed by atoms with Crippen LogP contribution in [0.4, 0.5) is 0 Å². The Morgan fingerprint density at radius 3 is 2.61 bits per heavy atom. The maximum Gasteiger partial charge on any atom is 0.120 e. The van der Waals surface area contributed by atoms with Crippen molar-refractivity contribution < 1.29 is 4.74 Å². The molecule has 102 valence electrons. The molecule has 1 aromatic carbocycles. The number of hydrogen-bond acceptors (Lipinski definition) is 2. The molecule has 2 atom stereocenters. The van der Waals surface area contributed by atoms with Crippen LogP contribution >= 0.6 is 11.6 Å². The van der Waals surface area contributed by atoms with Crippen LogP contribution in [0.15, 0.2) is 18.2 Å². The van der Waals surface area contributed by atoms with Crippen LogP contribution in [0.1, 0.15) is 39.7 Å². The smallest absolute Gasteiger partial charge is 0.120 e. The van der Waals surface area contributed by atoms with Gasteiger partial charge in [-0.25, -0.2) is 0 Å². The minimum Gasteiger partial charge on any atom is -0.489 e. The molecule has 18 heavy (non-hydrogen) atoms. The van der Waals surface area contributed by atoms with Gasteiger partial charge in [0.25, 0.3) is 0 Å². The van der Waals surface area contributed by atoms with Crippen LogP contribution in [0.2, 0.25) is 5.02 Å². The predicted molar refractivity (Wildman–Crippen MR) is 78.7 cm³/mol. The standard InChI is InChI=1S/C15H24ClNO/c1-5-11(3)17-10-12(4)18-14-7-8-15(16)13(6-2)9-14/h7-9,11-12,17H,5-6,10H2,1-4H3. The summed E-state index contributed by atoms with van der Waals surface area (Å²) < 4.78 is 5.89. The third kappa shape index (κ3) is 4.87. The van der Waals surface area contributed by atoms with Gasteiger partial charge in [0.2, 0.25) is 0 Å². The van der Waals surface area contributed by atoms with E-state index in [1.165, 1.54) is 0 Å². The molecule has 0 spiro atoms. The molecular weight excluding hydrogens is 246 g/mol. The van der Waals surface area contributed by atoms with Crippen molar-refractivity contribution in [1.29, 1.82) is 0 Å². The molecule has 0 aliphatic carbocycles. The molecule has 0 aliphatic rings. The van der Waals surface area contributed by atoms with E-state index in [1.54, 1.807) is 0 Å². The summed E-state index contributed by atoms with van der Waals surface area (Å²) in [5.74, 6) is 0.898. The molecule has 0 radical (unpaired) electrons. The molecule has 2 nitrogen and oxygen atoms in total. The largest absolute Gasteiger partial charge is 0.489 e. The van der Waals surface area contributed by atoms with Crippen LogP contribution in [-0.2, 0) is 6.42 Å². The number of hydrogen-bond donors (Lipinski definition) is 1. The van der Waals surface area contributed by atoms with Crippen LogP contribution in [0.3, 0.4) is 0 Å². The molecule has 3 heteroatoms. The zero-order valence-corrected chi connectivity index (χ0v) is 12.6. The first-order valence-electron chi connectivity index (χ1n) is 6.75. The Hall–Kier alpha value is -0.730. The van der Waals surface area contributed by atoms with Gasteiger partial charge in [-0.1, -0.05) is 25.4 Å². The maximum atomic E-state index is 6.09. The summed E-state index contributed by atoms with van der Waals surface area (Å²) in [5.41, 5.74) is 1.14. The molecule has 0 saturated carbocycles. The van der Waals surface area contributed by atoms with Gasteiger partial charge in [0, 0.05) is 17.6 Å². The Balaban J connectivity index is 2.51. The van der Waals surface area contributed by atoms with Crippen molar-refractivity contribution in [3.8, 4) is 5.75 Å². The van der Waals surface area contributed by atoms with Crippen molar-refractivity contribution in [3.05, 3.63) is 28.8 Å². The Labute approximate surface area is 116 Å². The number of benzene rings is 1. The normalized spacial score (nSPS) is 14.3. The lowest BCUT2D eigenvalue weighted by molar-refractivity contribution is 0.212. The summed E-state index contributed by atoms with van der Waals surface area (Å²) in [6.07, 6.45) is 2.22. The molecule has 0 aliphatic heterocycles. The number of nitrogens with one attached hydrogen (secondary N) is 1. The van der Waals surface area contributed by atoms with Crippen LogP contribution in [0.5, 0.6) is 5.75 Å². The van der Waals surface area contributed by atoms with Gasteiger partial charge in [0.1, 0.15) is 11.9 Å². The predicted octanol–water partition coefficient (Wildman–Crippen LogP) is 4.06. The van der Waals surface area contributed by atoms with Gasteiger partial charge in [0.05, 0.1) is 0 Å². The highest BCUT2D eigenvalue weighted by atomic mass is 35.5. The Kier molecular flexibility index (Phi) is 6.51. The second-order valence-electron chi connectivity index (χ2n) is 4.75. The first-order valence-corrected chi connectivity index (χ1v) is 7.13. The summed E-state index contributed by atoms with van der Waals surface area (Å²) in [4.78, 5) is 0. The SMILES string of the molecule is CCc1cc(OC(C)CNC(C)CC)ccc1Cl. The summed E-state index contributed by atoms with van der Waals surface area (Å²) in [6.45, 7) is 9.40. The molecule has 0 amide bonds. The van der Waals surface area contributed by atoms with Crippen molar-refractivity contribution in [2.75, 3.05) is 6.54 Å². The molecule has 0 aromatic heterocycles. The molecule has 1 aromatic rings. The molecule has 0 saturated heterocycles. The third-order valence-electron chi connectivity index (χ3n) is 3.10. The summed E-state index contributed by atoms with van der Waals surface area (Å²) in [5, 5.41) is 4.26. The van der Waals surface area contributed by atoms with E-state index in [0.717, 1.165) is 35.7 Å². The van der Waals surface area contributed by atoms with E-state index in [1.807, 2.05) is 18.2 Å². The van der Waals surface area contributed by atoms with E-state index in [2.05, 4.69) is 33.0 Å². The number of rotatable bonds is 7. The second-order valence-corrected chi connectivity index (χ2v) is 5.16. The highest BCUT2D eigenvalue weighted by Gasteiger charge is 2.07. The molecular formula is C15H24ClNO. The van der Waals surface area contributed by atoms with E-state index in [4.69, 9.17) is 16.3 Å². The quantitative estimate of drug-likeness (QED) is 0.806. The van der Waals surface area contributed by atoms with Gasteiger partial charge in [-0.2, -0.15) is 0 Å². The van der Waals surface area contributed by atoms with E-state index in [0.29, 0.717) is 6.04 Å². The van der Waals surface area contributed by atoms with E-state index in [-0.39, 0.29) is 6.10 Å². The average Bonchev–Trinajstić information content (AvgIpc) is 2.38. The molecule has 1 N–H and O–H groups in total. The van der Waals surface area contributed by atoms with Crippen LogP contribution in [0.25, 0.3) is 0 Å². The van der Waals surface area contributed by atoms with Gasteiger partial charge in [-0.05, 0) is 50.5 Å².